The van der Waals surface area contributed by atoms with Gasteiger partial charge in [0.1, 0.15) is 11.6 Å². The predicted molar refractivity (Wildman–Crippen MR) is 137 cm³/mol. The van der Waals surface area contributed by atoms with Crippen molar-refractivity contribution in [2.45, 2.75) is 25.5 Å². The Morgan fingerprint density at radius 2 is 1.53 bits per heavy atom. The Kier molecular flexibility index (Phi) is 6.50. The fourth-order valence-corrected chi connectivity index (χ4v) is 4.42. The van der Waals surface area contributed by atoms with E-state index in [1.807, 2.05) is 60.7 Å². The third-order valence-corrected chi connectivity index (χ3v) is 6.22. The summed E-state index contributed by atoms with van der Waals surface area (Å²) >= 11 is 0. The van der Waals surface area contributed by atoms with Crippen molar-refractivity contribution >= 4 is 23.2 Å². The zero-order valence-electron chi connectivity index (χ0n) is 19.7. The van der Waals surface area contributed by atoms with Crippen LogP contribution >= 0.6 is 0 Å². The van der Waals surface area contributed by atoms with Crippen LogP contribution in [-0.4, -0.2) is 17.9 Å². The number of anilines is 2. The van der Waals surface area contributed by atoms with E-state index in [-0.39, 0.29) is 24.2 Å². The lowest BCUT2D eigenvalue weighted by atomic mass is 9.90. The number of nitrogens with one attached hydrogen (secondary N) is 1. The highest BCUT2D eigenvalue weighted by Gasteiger charge is 2.32. The molecule has 5 nitrogen and oxygen atoms in total. The Bertz CT molecular complexity index is 1340. The van der Waals surface area contributed by atoms with Crippen LogP contribution in [0, 0.1) is 5.82 Å². The van der Waals surface area contributed by atoms with Crippen LogP contribution in [0.2, 0.25) is 0 Å². The molecule has 0 spiro atoms. The molecule has 1 unspecified atom stereocenters. The summed E-state index contributed by atoms with van der Waals surface area (Å²) in [7, 11) is 0. The number of nitrogens with zero attached hydrogens (tertiary/aromatic N) is 1. The van der Waals surface area contributed by atoms with Crippen LogP contribution in [0.5, 0.6) is 5.75 Å². The van der Waals surface area contributed by atoms with Crippen molar-refractivity contribution in [3.05, 3.63) is 126 Å². The van der Waals surface area contributed by atoms with Crippen molar-refractivity contribution < 1.29 is 18.7 Å². The van der Waals surface area contributed by atoms with Gasteiger partial charge in [-0.1, -0.05) is 72.8 Å². The number of hydrogen-bond donors (Lipinski definition) is 1. The van der Waals surface area contributed by atoms with E-state index in [1.54, 1.807) is 42.2 Å². The summed E-state index contributed by atoms with van der Waals surface area (Å²) in [5.74, 6) is -0.686. The summed E-state index contributed by atoms with van der Waals surface area (Å²) in [5, 5.41) is 3.02. The topological polar surface area (TPSA) is 58.6 Å². The number of benzene rings is 4. The molecule has 36 heavy (non-hydrogen) atoms. The number of carbonyl (C=O) groups excluding carboxylic acids is 2. The molecule has 180 valence electrons. The number of fused-ring (bicyclic) bond motifs is 1. The summed E-state index contributed by atoms with van der Waals surface area (Å²) in [6.07, 6.45) is -0.654. The summed E-state index contributed by atoms with van der Waals surface area (Å²) in [5.41, 5.74) is 3.64. The van der Waals surface area contributed by atoms with E-state index >= 15 is 0 Å². The lowest BCUT2D eigenvalue weighted by Crippen LogP contribution is -2.44. The quantitative estimate of drug-likeness (QED) is 0.373. The molecule has 6 heteroatoms. The molecule has 0 radical (unpaired) electrons. The summed E-state index contributed by atoms with van der Waals surface area (Å²) in [6.45, 7) is 1.96. The van der Waals surface area contributed by atoms with E-state index in [0.29, 0.717) is 17.1 Å². The van der Waals surface area contributed by atoms with Gasteiger partial charge in [0.25, 0.3) is 5.91 Å². The first-order valence-corrected chi connectivity index (χ1v) is 11.8. The second-order valence-corrected chi connectivity index (χ2v) is 8.74. The van der Waals surface area contributed by atoms with Gasteiger partial charge in [-0.25, -0.2) is 4.39 Å². The Morgan fingerprint density at radius 3 is 2.14 bits per heavy atom. The number of hydrogen-bond acceptors (Lipinski definition) is 3. The van der Waals surface area contributed by atoms with Gasteiger partial charge in [-0.15, -0.1) is 0 Å². The third kappa shape index (κ3) is 4.84. The van der Waals surface area contributed by atoms with Gasteiger partial charge in [-0.3, -0.25) is 9.59 Å². The second-order valence-electron chi connectivity index (χ2n) is 8.74. The SMILES string of the molecule is CC1Oc2ccc(NC(=O)C(c3ccccc3)c3ccccc3)cc2N(Cc2ccc(F)cc2)C1=O. The molecule has 1 atom stereocenters. The number of amides is 2. The first kappa shape index (κ1) is 23.3. The van der Waals surface area contributed by atoms with Gasteiger partial charge in [0.15, 0.2) is 6.10 Å². The zero-order valence-corrected chi connectivity index (χ0v) is 19.7. The maximum atomic E-state index is 13.5. The first-order chi connectivity index (χ1) is 17.5. The van der Waals surface area contributed by atoms with Crippen molar-refractivity contribution in [3.8, 4) is 5.75 Å². The summed E-state index contributed by atoms with van der Waals surface area (Å²) in [6, 6.07) is 30.5. The van der Waals surface area contributed by atoms with Gasteiger partial charge in [-0.2, -0.15) is 0 Å². The van der Waals surface area contributed by atoms with E-state index in [9.17, 15) is 14.0 Å². The van der Waals surface area contributed by atoms with Crippen LogP contribution in [0.25, 0.3) is 0 Å². The van der Waals surface area contributed by atoms with Crippen molar-refractivity contribution in [1.82, 2.24) is 0 Å². The molecule has 0 saturated heterocycles. The summed E-state index contributed by atoms with van der Waals surface area (Å²) in [4.78, 5) is 28.2. The monoisotopic (exact) mass is 480 g/mol. The van der Waals surface area contributed by atoms with Crippen molar-refractivity contribution in [1.29, 1.82) is 0 Å². The van der Waals surface area contributed by atoms with Gasteiger partial charge >= 0.3 is 0 Å². The number of ether oxygens (including phenoxy) is 1. The standard InChI is InChI=1S/C30H25FN2O3/c1-20-30(35)33(19-21-12-14-24(31)15-13-21)26-18-25(16-17-27(26)36-20)32-29(34)28(22-8-4-2-5-9-22)23-10-6-3-7-11-23/h2-18,20,28H,19H2,1H3,(H,32,34). The van der Waals surface area contributed by atoms with Crippen LogP contribution < -0.4 is 15.0 Å². The normalized spacial score (nSPS) is 14.8. The largest absolute Gasteiger partial charge is 0.479 e. The molecule has 1 aliphatic rings. The first-order valence-electron chi connectivity index (χ1n) is 11.8. The molecule has 0 fully saturated rings. The molecular weight excluding hydrogens is 455 g/mol. The zero-order chi connectivity index (χ0) is 25.1. The Morgan fingerprint density at radius 1 is 0.917 bits per heavy atom. The fraction of sp³-hybridized carbons (Fsp3) is 0.133. The average Bonchev–Trinajstić information content (AvgIpc) is 2.90. The van der Waals surface area contributed by atoms with Gasteiger partial charge < -0.3 is 15.0 Å². The van der Waals surface area contributed by atoms with Gasteiger partial charge in [-0.05, 0) is 53.9 Å². The maximum Gasteiger partial charge on any atom is 0.268 e. The van der Waals surface area contributed by atoms with Crippen molar-refractivity contribution in [2.24, 2.45) is 0 Å². The molecule has 0 bridgehead atoms. The summed E-state index contributed by atoms with van der Waals surface area (Å²) < 4.78 is 19.2. The van der Waals surface area contributed by atoms with E-state index < -0.39 is 12.0 Å². The molecule has 1 N–H and O–H groups in total. The second kappa shape index (κ2) is 10.0. The minimum Gasteiger partial charge on any atom is -0.479 e. The predicted octanol–water partition coefficient (Wildman–Crippen LogP) is 5.91. The number of carbonyl (C=O) groups is 2. The smallest absolute Gasteiger partial charge is 0.268 e. The Balaban J connectivity index is 1.45. The lowest BCUT2D eigenvalue weighted by Gasteiger charge is -2.33. The Labute approximate surface area is 209 Å². The van der Waals surface area contributed by atoms with E-state index in [2.05, 4.69) is 5.32 Å². The highest BCUT2D eigenvalue weighted by Crippen LogP contribution is 2.38. The minimum absolute atomic E-state index is 0.186. The molecule has 2 amide bonds. The molecule has 5 rings (SSSR count). The van der Waals surface area contributed by atoms with E-state index in [4.69, 9.17) is 4.74 Å². The molecule has 0 aromatic heterocycles. The number of halogens is 1. The third-order valence-electron chi connectivity index (χ3n) is 6.22. The molecular formula is C30H25FN2O3. The lowest BCUT2D eigenvalue weighted by molar-refractivity contribution is -0.125. The Hall–Kier alpha value is -4.45. The number of rotatable bonds is 6. The molecule has 0 saturated carbocycles. The highest BCUT2D eigenvalue weighted by atomic mass is 19.1. The van der Waals surface area contributed by atoms with Crippen LogP contribution in [0.4, 0.5) is 15.8 Å². The molecule has 4 aromatic rings. The fourth-order valence-electron chi connectivity index (χ4n) is 4.42. The van der Waals surface area contributed by atoms with Crippen LogP contribution in [0.1, 0.15) is 29.5 Å². The molecule has 0 aliphatic carbocycles. The molecule has 1 heterocycles. The van der Waals surface area contributed by atoms with Gasteiger partial charge in [0, 0.05) is 5.69 Å². The van der Waals surface area contributed by atoms with Crippen LogP contribution in [0.3, 0.4) is 0 Å². The van der Waals surface area contributed by atoms with E-state index in [0.717, 1.165) is 16.7 Å². The van der Waals surface area contributed by atoms with Gasteiger partial charge in [0.05, 0.1) is 18.2 Å². The van der Waals surface area contributed by atoms with Crippen LogP contribution in [-0.2, 0) is 16.1 Å². The van der Waals surface area contributed by atoms with Crippen molar-refractivity contribution in [3.63, 3.8) is 0 Å². The highest BCUT2D eigenvalue weighted by molar-refractivity contribution is 6.02. The van der Waals surface area contributed by atoms with Crippen LogP contribution in [0.15, 0.2) is 103 Å². The van der Waals surface area contributed by atoms with Crippen molar-refractivity contribution in [2.75, 3.05) is 10.2 Å². The maximum absolute atomic E-state index is 13.5. The average molecular weight is 481 g/mol. The minimum atomic E-state index is -0.654. The molecule has 4 aromatic carbocycles. The molecule has 1 aliphatic heterocycles. The van der Waals surface area contributed by atoms with E-state index in [1.165, 1.54) is 12.1 Å². The van der Waals surface area contributed by atoms with Gasteiger partial charge in [0.2, 0.25) is 5.91 Å².